The largest absolute Gasteiger partial charge is 0.338 e. The number of hydrogen-bond acceptors (Lipinski definition) is 5. The predicted molar refractivity (Wildman–Crippen MR) is 86.7 cm³/mol. The van der Waals surface area contributed by atoms with Crippen LogP contribution in [-0.4, -0.2) is 39.0 Å². The standard InChI is InChI=1S/C14H25N5O2S/c1-4-5-6-7-19-10-16-18-14(19)22-9-12(20)17-13(21)15-8-11(2)3/h10-11H,4-9H2,1-3H3,(H2,15,17,20,21). The Kier molecular flexibility index (Phi) is 8.57. The highest BCUT2D eigenvalue weighted by Crippen LogP contribution is 2.15. The number of hydrogen-bond donors (Lipinski definition) is 2. The zero-order chi connectivity index (χ0) is 16.4. The van der Waals surface area contributed by atoms with Crippen LogP contribution in [0.3, 0.4) is 0 Å². The van der Waals surface area contributed by atoms with Gasteiger partial charge in [0, 0.05) is 13.1 Å². The molecule has 124 valence electrons. The van der Waals surface area contributed by atoms with Gasteiger partial charge in [-0.05, 0) is 12.3 Å². The van der Waals surface area contributed by atoms with E-state index in [1.807, 2.05) is 18.4 Å². The van der Waals surface area contributed by atoms with E-state index in [1.165, 1.54) is 11.8 Å². The van der Waals surface area contributed by atoms with Crippen molar-refractivity contribution >= 4 is 23.7 Å². The van der Waals surface area contributed by atoms with E-state index < -0.39 is 6.03 Å². The van der Waals surface area contributed by atoms with Crippen LogP contribution in [0.2, 0.25) is 0 Å². The molecule has 2 N–H and O–H groups in total. The number of carbonyl (C=O) groups excluding carboxylic acids is 2. The lowest BCUT2D eigenvalue weighted by atomic mass is 10.2. The number of nitrogens with one attached hydrogen (secondary N) is 2. The smallest absolute Gasteiger partial charge is 0.321 e. The Hall–Kier alpha value is -1.57. The summed E-state index contributed by atoms with van der Waals surface area (Å²) in [6, 6.07) is -0.455. The molecule has 3 amide bonds. The van der Waals surface area contributed by atoms with Crippen LogP contribution < -0.4 is 10.6 Å². The lowest BCUT2D eigenvalue weighted by molar-refractivity contribution is -0.117. The van der Waals surface area contributed by atoms with Crippen molar-refractivity contribution < 1.29 is 9.59 Å². The minimum Gasteiger partial charge on any atom is -0.338 e. The van der Waals surface area contributed by atoms with Gasteiger partial charge < -0.3 is 9.88 Å². The van der Waals surface area contributed by atoms with E-state index in [-0.39, 0.29) is 11.7 Å². The van der Waals surface area contributed by atoms with Crippen molar-refractivity contribution in [1.82, 2.24) is 25.4 Å². The molecule has 0 aliphatic heterocycles. The van der Waals surface area contributed by atoms with E-state index >= 15 is 0 Å². The monoisotopic (exact) mass is 327 g/mol. The third-order valence-corrected chi connectivity index (χ3v) is 3.82. The highest BCUT2D eigenvalue weighted by Gasteiger charge is 2.11. The molecule has 0 bridgehead atoms. The molecule has 1 heterocycles. The molecule has 7 nitrogen and oxygen atoms in total. The molecular formula is C14H25N5O2S. The number of unbranched alkanes of at least 4 members (excludes halogenated alkanes) is 2. The molecule has 8 heteroatoms. The Labute approximate surface area is 135 Å². The summed E-state index contributed by atoms with van der Waals surface area (Å²) in [5.41, 5.74) is 0. The Morgan fingerprint density at radius 2 is 2.14 bits per heavy atom. The maximum Gasteiger partial charge on any atom is 0.321 e. The van der Waals surface area contributed by atoms with Gasteiger partial charge in [-0.15, -0.1) is 10.2 Å². The molecular weight excluding hydrogens is 302 g/mol. The third-order valence-electron chi connectivity index (χ3n) is 2.84. The highest BCUT2D eigenvalue weighted by molar-refractivity contribution is 7.99. The van der Waals surface area contributed by atoms with Crippen LogP contribution in [-0.2, 0) is 11.3 Å². The van der Waals surface area contributed by atoms with Gasteiger partial charge >= 0.3 is 6.03 Å². The van der Waals surface area contributed by atoms with E-state index in [9.17, 15) is 9.59 Å². The van der Waals surface area contributed by atoms with Crippen LogP contribution in [0.25, 0.3) is 0 Å². The van der Waals surface area contributed by atoms with Crippen molar-refractivity contribution in [3.05, 3.63) is 6.33 Å². The van der Waals surface area contributed by atoms with Crippen molar-refractivity contribution in [1.29, 1.82) is 0 Å². The van der Waals surface area contributed by atoms with Gasteiger partial charge in [-0.3, -0.25) is 10.1 Å². The summed E-state index contributed by atoms with van der Waals surface area (Å²) in [6.45, 7) is 7.51. The summed E-state index contributed by atoms with van der Waals surface area (Å²) in [5.74, 6) is 0.146. The van der Waals surface area contributed by atoms with E-state index in [1.54, 1.807) is 6.33 Å². The Morgan fingerprint density at radius 3 is 2.82 bits per heavy atom. The molecule has 0 saturated carbocycles. The lowest BCUT2D eigenvalue weighted by Gasteiger charge is -2.08. The molecule has 0 unspecified atom stereocenters. The number of urea groups is 1. The number of amides is 3. The minimum absolute atomic E-state index is 0.140. The molecule has 1 aromatic heterocycles. The first-order valence-electron chi connectivity index (χ1n) is 7.61. The fraction of sp³-hybridized carbons (Fsp3) is 0.714. The van der Waals surface area contributed by atoms with Crippen LogP contribution >= 0.6 is 11.8 Å². The topological polar surface area (TPSA) is 88.9 Å². The SMILES string of the molecule is CCCCCn1cnnc1SCC(=O)NC(=O)NCC(C)C. The fourth-order valence-corrected chi connectivity index (χ4v) is 2.42. The second-order valence-electron chi connectivity index (χ2n) is 5.45. The van der Waals surface area contributed by atoms with Gasteiger partial charge in [-0.2, -0.15) is 0 Å². The quantitative estimate of drug-likeness (QED) is 0.535. The number of aryl methyl sites for hydroxylation is 1. The second kappa shape index (κ2) is 10.2. The van der Waals surface area contributed by atoms with E-state index in [0.29, 0.717) is 17.6 Å². The third kappa shape index (κ3) is 7.44. The number of nitrogens with zero attached hydrogens (tertiary/aromatic N) is 3. The Morgan fingerprint density at radius 1 is 1.36 bits per heavy atom. The fourth-order valence-electron chi connectivity index (χ4n) is 1.68. The van der Waals surface area contributed by atoms with Crippen molar-refractivity contribution in [3.63, 3.8) is 0 Å². The average molecular weight is 327 g/mol. The molecule has 0 atom stereocenters. The Balaban J connectivity index is 2.32. The van der Waals surface area contributed by atoms with Crippen LogP contribution in [0.15, 0.2) is 11.5 Å². The minimum atomic E-state index is -0.455. The summed E-state index contributed by atoms with van der Waals surface area (Å²) in [5, 5.41) is 13.5. The summed E-state index contributed by atoms with van der Waals surface area (Å²) >= 11 is 1.28. The van der Waals surface area contributed by atoms with E-state index in [2.05, 4.69) is 27.8 Å². The molecule has 1 rings (SSSR count). The van der Waals surface area contributed by atoms with Crippen LogP contribution in [0, 0.1) is 5.92 Å². The first-order valence-corrected chi connectivity index (χ1v) is 8.59. The van der Waals surface area contributed by atoms with Crippen molar-refractivity contribution in [2.75, 3.05) is 12.3 Å². The van der Waals surface area contributed by atoms with Gasteiger partial charge in [0.25, 0.3) is 0 Å². The summed E-state index contributed by atoms with van der Waals surface area (Å²) in [4.78, 5) is 23.2. The molecule has 0 aromatic carbocycles. The van der Waals surface area contributed by atoms with Crippen LogP contribution in [0.1, 0.15) is 40.0 Å². The van der Waals surface area contributed by atoms with Crippen LogP contribution in [0.5, 0.6) is 0 Å². The van der Waals surface area contributed by atoms with Crippen molar-refractivity contribution in [2.45, 2.75) is 51.7 Å². The van der Waals surface area contributed by atoms with Gasteiger partial charge in [0.05, 0.1) is 5.75 Å². The van der Waals surface area contributed by atoms with E-state index in [4.69, 9.17) is 0 Å². The molecule has 0 aliphatic rings. The number of imide groups is 1. The van der Waals surface area contributed by atoms with Gasteiger partial charge in [0.2, 0.25) is 5.91 Å². The second-order valence-corrected chi connectivity index (χ2v) is 6.40. The predicted octanol–water partition coefficient (Wildman–Crippen LogP) is 2.04. The van der Waals surface area contributed by atoms with E-state index in [0.717, 1.165) is 25.8 Å². The molecule has 0 saturated heterocycles. The lowest BCUT2D eigenvalue weighted by Crippen LogP contribution is -2.41. The van der Waals surface area contributed by atoms with Crippen molar-refractivity contribution in [3.8, 4) is 0 Å². The zero-order valence-electron chi connectivity index (χ0n) is 13.5. The summed E-state index contributed by atoms with van der Waals surface area (Å²) in [7, 11) is 0. The summed E-state index contributed by atoms with van der Waals surface area (Å²) in [6.07, 6.45) is 5.04. The number of thioether (sulfide) groups is 1. The van der Waals surface area contributed by atoms with Gasteiger partial charge in [0.15, 0.2) is 5.16 Å². The maximum absolute atomic E-state index is 11.7. The molecule has 0 spiro atoms. The summed E-state index contributed by atoms with van der Waals surface area (Å²) < 4.78 is 1.94. The number of rotatable bonds is 9. The molecule has 1 aromatic rings. The molecule has 0 aliphatic carbocycles. The average Bonchev–Trinajstić information content (AvgIpc) is 2.91. The van der Waals surface area contributed by atoms with Gasteiger partial charge in [0.1, 0.15) is 6.33 Å². The first kappa shape index (κ1) is 18.5. The van der Waals surface area contributed by atoms with Gasteiger partial charge in [-0.1, -0.05) is 45.4 Å². The maximum atomic E-state index is 11.7. The zero-order valence-corrected chi connectivity index (χ0v) is 14.3. The normalized spacial score (nSPS) is 10.7. The highest BCUT2D eigenvalue weighted by atomic mass is 32.2. The van der Waals surface area contributed by atoms with Gasteiger partial charge in [-0.25, -0.2) is 4.79 Å². The number of carbonyl (C=O) groups is 2. The van der Waals surface area contributed by atoms with Crippen LogP contribution in [0.4, 0.5) is 4.79 Å². The molecule has 0 fully saturated rings. The molecule has 22 heavy (non-hydrogen) atoms. The first-order chi connectivity index (χ1) is 10.5. The Bertz CT molecular complexity index is 476. The van der Waals surface area contributed by atoms with Crippen molar-refractivity contribution in [2.24, 2.45) is 5.92 Å². The molecule has 0 radical (unpaired) electrons. The number of aromatic nitrogens is 3.